The number of carbonyl (C=O) groups excluding carboxylic acids is 1. The van der Waals surface area contributed by atoms with Crippen molar-refractivity contribution in [3.8, 4) is 5.75 Å². The number of rotatable bonds is 6. The number of piperidine rings is 1. The number of ether oxygens (including phenoxy) is 1. The summed E-state index contributed by atoms with van der Waals surface area (Å²) in [5.74, 6) is -0.298. The summed E-state index contributed by atoms with van der Waals surface area (Å²) < 4.78 is 19.4. The minimum absolute atomic E-state index is 0.0626. The van der Waals surface area contributed by atoms with E-state index in [2.05, 4.69) is 5.32 Å². The molecule has 1 aromatic carbocycles. The second kappa shape index (κ2) is 7.98. The molecule has 1 aromatic rings. The number of carbonyl (C=O) groups is 1. The Kier molecular flexibility index (Phi) is 5.99. The average Bonchev–Trinajstić information content (AvgIpc) is 2.52. The number of likely N-dealkylation sites (tertiary alicyclic amines) is 1. The summed E-state index contributed by atoms with van der Waals surface area (Å²) in [7, 11) is 0. The van der Waals surface area contributed by atoms with Gasteiger partial charge in [-0.15, -0.1) is 0 Å². The minimum Gasteiger partial charge on any atom is -0.480 e. The molecule has 116 valence electrons. The number of nitrogens with one attached hydrogen (secondary N) is 1. The van der Waals surface area contributed by atoms with Crippen LogP contribution >= 0.6 is 0 Å². The van der Waals surface area contributed by atoms with E-state index in [1.54, 1.807) is 11.0 Å². The molecule has 5 heteroatoms. The van der Waals surface area contributed by atoms with Crippen molar-refractivity contribution in [2.75, 3.05) is 26.2 Å². The van der Waals surface area contributed by atoms with Crippen molar-refractivity contribution in [1.29, 1.82) is 0 Å². The van der Waals surface area contributed by atoms with Gasteiger partial charge < -0.3 is 15.0 Å². The molecule has 2 rings (SSSR count). The van der Waals surface area contributed by atoms with Crippen LogP contribution in [0.15, 0.2) is 18.2 Å². The number of amides is 1. The Morgan fingerprint density at radius 3 is 2.81 bits per heavy atom. The van der Waals surface area contributed by atoms with E-state index in [4.69, 9.17) is 4.74 Å². The predicted octanol–water partition coefficient (Wildman–Crippen LogP) is 2.33. The maximum Gasteiger partial charge on any atom is 0.260 e. The molecule has 0 radical (unpaired) electrons. The van der Waals surface area contributed by atoms with Gasteiger partial charge in [-0.1, -0.05) is 19.1 Å². The molecule has 0 bridgehead atoms. The van der Waals surface area contributed by atoms with Gasteiger partial charge in [0.05, 0.1) is 0 Å². The average molecular weight is 294 g/mol. The molecular formula is C16H23FN2O2. The minimum atomic E-state index is -0.420. The van der Waals surface area contributed by atoms with Crippen LogP contribution in [0.2, 0.25) is 0 Å². The highest BCUT2D eigenvalue weighted by Gasteiger charge is 2.18. The quantitative estimate of drug-likeness (QED) is 0.875. The summed E-state index contributed by atoms with van der Waals surface area (Å²) in [5.41, 5.74) is 0.739. The molecule has 0 atom stereocenters. The first-order valence-corrected chi connectivity index (χ1v) is 7.61. The molecule has 1 aliphatic rings. The third kappa shape index (κ3) is 4.43. The van der Waals surface area contributed by atoms with Crippen molar-refractivity contribution < 1.29 is 13.9 Å². The molecule has 0 unspecified atom stereocenters. The smallest absolute Gasteiger partial charge is 0.260 e. The maximum atomic E-state index is 13.9. The maximum absolute atomic E-state index is 13.9. The normalized spacial score (nSPS) is 15.0. The van der Waals surface area contributed by atoms with Gasteiger partial charge in [-0.25, -0.2) is 4.39 Å². The van der Waals surface area contributed by atoms with E-state index >= 15 is 0 Å². The van der Waals surface area contributed by atoms with Gasteiger partial charge in [-0.05, 0) is 31.9 Å². The van der Waals surface area contributed by atoms with Gasteiger partial charge in [0.1, 0.15) is 0 Å². The van der Waals surface area contributed by atoms with Gasteiger partial charge in [0.15, 0.2) is 18.2 Å². The number of para-hydroxylation sites is 1. The van der Waals surface area contributed by atoms with Gasteiger partial charge in [0.2, 0.25) is 0 Å². The zero-order valence-electron chi connectivity index (χ0n) is 12.5. The number of nitrogens with zero attached hydrogens (tertiary/aromatic N) is 1. The van der Waals surface area contributed by atoms with E-state index in [0.717, 1.165) is 38.0 Å². The Balaban J connectivity index is 1.96. The van der Waals surface area contributed by atoms with Gasteiger partial charge in [0, 0.05) is 25.2 Å². The molecule has 1 aliphatic heterocycles. The number of hydrogen-bond acceptors (Lipinski definition) is 3. The summed E-state index contributed by atoms with van der Waals surface area (Å²) in [6.45, 7) is 4.78. The van der Waals surface area contributed by atoms with Crippen LogP contribution in [0.5, 0.6) is 5.75 Å². The van der Waals surface area contributed by atoms with Gasteiger partial charge in [0.25, 0.3) is 5.91 Å². The first kappa shape index (κ1) is 15.8. The Morgan fingerprint density at radius 2 is 2.10 bits per heavy atom. The predicted molar refractivity (Wildman–Crippen MR) is 79.7 cm³/mol. The first-order valence-electron chi connectivity index (χ1n) is 7.61. The second-order valence-corrected chi connectivity index (χ2v) is 5.24. The highest BCUT2D eigenvalue weighted by molar-refractivity contribution is 5.77. The summed E-state index contributed by atoms with van der Waals surface area (Å²) in [6.07, 6.45) is 3.25. The molecule has 1 amide bonds. The van der Waals surface area contributed by atoms with Crippen molar-refractivity contribution in [1.82, 2.24) is 10.2 Å². The van der Waals surface area contributed by atoms with Crippen LogP contribution < -0.4 is 10.1 Å². The lowest BCUT2D eigenvalue weighted by Crippen LogP contribution is -2.38. The van der Waals surface area contributed by atoms with Crippen LogP contribution in [0.3, 0.4) is 0 Å². The second-order valence-electron chi connectivity index (χ2n) is 5.24. The van der Waals surface area contributed by atoms with Crippen molar-refractivity contribution in [2.24, 2.45) is 0 Å². The van der Waals surface area contributed by atoms with E-state index in [1.165, 1.54) is 12.5 Å². The van der Waals surface area contributed by atoms with E-state index in [-0.39, 0.29) is 18.3 Å². The molecule has 0 aliphatic carbocycles. The zero-order chi connectivity index (χ0) is 15.1. The number of hydrogen-bond donors (Lipinski definition) is 1. The van der Waals surface area contributed by atoms with Crippen LogP contribution in [-0.2, 0) is 11.3 Å². The van der Waals surface area contributed by atoms with Crippen molar-refractivity contribution >= 4 is 5.91 Å². The van der Waals surface area contributed by atoms with Crippen molar-refractivity contribution in [3.05, 3.63) is 29.6 Å². The largest absolute Gasteiger partial charge is 0.480 e. The summed E-state index contributed by atoms with van der Waals surface area (Å²) in [4.78, 5) is 13.9. The van der Waals surface area contributed by atoms with Crippen LogP contribution in [0.25, 0.3) is 0 Å². The third-order valence-electron chi connectivity index (χ3n) is 3.66. The summed E-state index contributed by atoms with van der Waals surface area (Å²) >= 11 is 0. The van der Waals surface area contributed by atoms with E-state index < -0.39 is 5.82 Å². The monoisotopic (exact) mass is 294 g/mol. The van der Waals surface area contributed by atoms with Crippen LogP contribution in [0.1, 0.15) is 31.7 Å². The molecule has 21 heavy (non-hydrogen) atoms. The Hall–Kier alpha value is -1.62. The number of benzene rings is 1. The van der Waals surface area contributed by atoms with Crippen LogP contribution in [0, 0.1) is 5.82 Å². The topological polar surface area (TPSA) is 41.6 Å². The molecule has 0 aromatic heterocycles. The Morgan fingerprint density at radius 1 is 1.33 bits per heavy atom. The number of halogens is 1. The summed E-state index contributed by atoms with van der Waals surface area (Å²) in [6, 6.07) is 4.82. The fourth-order valence-electron chi connectivity index (χ4n) is 2.48. The fourth-order valence-corrected chi connectivity index (χ4v) is 2.48. The van der Waals surface area contributed by atoms with Crippen molar-refractivity contribution in [3.63, 3.8) is 0 Å². The molecular weight excluding hydrogens is 271 g/mol. The van der Waals surface area contributed by atoms with Gasteiger partial charge in [-0.3, -0.25) is 4.79 Å². The Labute approximate surface area is 125 Å². The van der Waals surface area contributed by atoms with E-state index in [9.17, 15) is 9.18 Å². The van der Waals surface area contributed by atoms with E-state index in [0.29, 0.717) is 6.54 Å². The van der Waals surface area contributed by atoms with Crippen LogP contribution in [0.4, 0.5) is 4.39 Å². The van der Waals surface area contributed by atoms with Gasteiger partial charge >= 0.3 is 0 Å². The lowest BCUT2D eigenvalue weighted by molar-refractivity contribution is -0.134. The first-order chi connectivity index (χ1) is 10.2. The molecule has 4 nitrogen and oxygen atoms in total. The van der Waals surface area contributed by atoms with Crippen LogP contribution in [-0.4, -0.2) is 37.0 Å². The molecule has 1 fully saturated rings. The van der Waals surface area contributed by atoms with Crippen molar-refractivity contribution in [2.45, 2.75) is 32.7 Å². The van der Waals surface area contributed by atoms with E-state index in [1.807, 2.05) is 13.0 Å². The third-order valence-corrected chi connectivity index (χ3v) is 3.66. The standard InChI is InChI=1S/C16H23FN2O2/c1-2-18-11-13-7-6-8-14(17)16(13)21-12-15(20)19-9-4-3-5-10-19/h6-8,18H,2-5,9-12H2,1H3. The summed E-state index contributed by atoms with van der Waals surface area (Å²) in [5, 5.41) is 3.14. The molecule has 1 saturated heterocycles. The zero-order valence-corrected chi connectivity index (χ0v) is 12.5. The molecule has 1 N–H and O–H groups in total. The molecule has 1 heterocycles. The lowest BCUT2D eigenvalue weighted by atomic mass is 10.1. The van der Waals surface area contributed by atoms with Gasteiger partial charge in [-0.2, -0.15) is 0 Å². The molecule has 0 saturated carbocycles. The fraction of sp³-hybridized carbons (Fsp3) is 0.562. The highest BCUT2D eigenvalue weighted by atomic mass is 19.1. The lowest BCUT2D eigenvalue weighted by Gasteiger charge is -2.26. The Bertz CT molecular complexity index is 473. The SMILES string of the molecule is CCNCc1cccc(F)c1OCC(=O)N1CCCCC1. The highest BCUT2D eigenvalue weighted by Crippen LogP contribution is 2.23. The molecule has 0 spiro atoms.